The molecule has 4 aromatic carbocycles. The standard InChI is InChI=1S/C35H28OSi/c1-36-31-23-19-28(20-24-31)22-26-33-35(30-17-11-6-12-18-30)34(29-15-9-5-10-16-29)32(37(33,2)3)25-21-27-13-7-4-8-14-27/h4-20,23-24H,1-3H3. The highest BCUT2D eigenvalue weighted by Gasteiger charge is 2.41. The molecule has 0 bridgehead atoms. The SMILES string of the molecule is COc1ccc(C#CC2=C(c3ccccc3)C(c3ccccc3)=C(C#Cc3ccccc3)[Si]2(C)C)cc1. The molecule has 0 aromatic heterocycles. The van der Waals surface area contributed by atoms with Crippen LogP contribution in [0.25, 0.3) is 11.1 Å². The maximum atomic E-state index is 5.32. The van der Waals surface area contributed by atoms with Crippen LogP contribution in [-0.2, 0) is 0 Å². The summed E-state index contributed by atoms with van der Waals surface area (Å²) in [7, 11) is -0.549. The average molecular weight is 493 g/mol. The van der Waals surface area contributed by atoms with Gasteiger partial charge in [0.1, 0.15) is 13.8 Å². The lowest BCUT2D eigenvalue weighted by atomic mass is 9.91. The summed E-state index contributed by atoms with van der Waals surface area (Å²) in [5.74, 6) is 15.0. The van der Waals surface area contributed by atoms with Gasteiger partial charge < -0.3 is 4.74 Å². The Hall–Kier alpha value is -4.50. The molecule has 0 unspecified atom stereocenters. The van der Waals surface area contributed by atoms with E-state index in [9.17, 15) is 0 Å². The van der Waals surface area contributed by atoms with Crippen LogP contribution in [0, 0.1) is 23.7 Å². The van der Waals surface area contributed by atoms with Crippen molar-refractivity contribution in [2.45, 2.75) is 13.1 Å². The van der Waals surface area contributed by atoms with E-state index >= 15 is 0 Å². The predicted molar refractivity (Wildman–Crippen MR) is 157 cm³/mol. The maximum absolute atomic E-state index is 5.32. The van der Waals surface area contributed by atoms with Gasteiger partial charge in [-0.25, -0.2) is 0 Å². The Morgan fingerprint density at radius 2 is 0.892 bits per heavy atom. The quantitative estimate of drug-likeness (QED) is 0.209. The first kappa shape index (κ1) is 24.2. The van der Waals surface area contributed by atoms with Crippen molar-refractivity contribution >= 4 is 19.2 Å². The molecule has 0 spiro atoms. The fourth-order valence-electron chi connectivity index (χ4n) is 4.69. The van der Waals surface area contributed by atoms with E-state index < -0.39 is 8.07 Å². The number of ether oxygens (including phenoxy) is 1. The number of rotatable bonds is 3. The van der Waals surface area contributed by atoms with Gasteiger partial charge in [-0.2, -0.15) is 0 Å². The van der Waals surface area contributed by atoms with Gasteiger partial charge in [0.25, 0.3) is 0 Å². The molecule has 0 aliphatic carbocycles. The van der Waals surface area contributed by atoms with Crippen molar-refractivity contribution in [1.82, 2.24) is 0 Å². The third-order valence-electron chi connectivity index (χ3n) is 6.65. The van der Waals surface area contributed by atoms with Gasteiger partial charge in [-0.1, -0.05) is 116 Å². The number of hydrogen-bond donors (Lipinski definition) is 0. The average Bonchev–Trinajstić information content (AvgIpc) is 3.18. The second-order valence-electron chi connectivity index (χ2n) is 9.45. The number of hydrogen-bond acceptors (Lipinski definition) is 1. The summed E-state index contributed by atoms with van der Waals surface area (Å²) in [6.45, 7) is 4.75. The number of methoxy groups -OCH3 is 1. The lowest BCUT2D eigenvalue weighted by Crippen LogP contribution is -2.29. The van der Waals surface area contributed by atoms with E-state index in [1.807, 2.05) is 42.5 Å². The molecule has 5 rings (SSSR count). The van der Waals surface area contributed by atoms with E-state index in [1.54, 1.807) is 7.11 Å². The molecule has 0 radical (unpaired) electrons. The second-order valence-corrected chi connectivity index (χ2v) is 13.7. The molecule has 1 aliphatic heterocycles. The first-order valence-corrected chi connectivity index (χ1v) is 15.4. The van der Waals surface area contributed by atoms with Gasteiger partial charge >= 0.3 is 0 Å². The Morgan fingerprint density at radius 1 is 0.486 bits per heavy atom. The molecular weight excluding hydrogens is 464 g/mol. The summed E-state index contributed by atoms with van der Waals surface area (Å²) in [5.41, 5.74) is 6.77. The zero-order chi connectivity index (χ0) is 25.7. The van der Waals surface area contributed by atoms with Crippen molar-refractivity contribution in [2.75, 3.05) is 7.11 Å². The van der Waals surface area contributed by atoms with Crippen molar-refractivity contribution in [1.29, 1.82) is 0 Å². The van der Waals surface area contributed by atoms with E-state index in [2.05, 4.69) is 110 Å². The minimum absolute atomic E-state index is 0.830. The van der Waals surface area contributed by atoms with Crippen LogP contribution in [0.2, 0.25) is 13.1 Å². The van der Waals surface area contributed by atoms with Crippen LogP contribution in [0.5, 0.6) is 5.75 Å². The molecule has 178 valence electrons. The van der Waals surface area contributed by atoms with Crippen LogP contribution in [-0.4, -0.2) is 15.2 Å². The van der Waals surface area contributed by atoms with Crippen molar-refractivity contribution in [3.63, 3.8) is 0 Å². The van der Waals surface area contributed by atoms with Gasteiger partial charge in [-0.15, -0.1) is 0 Å². The largest absolute Gasteiger partial charge is 0.497 e. The smallest absolute Gasteiger partial charge is 0.135 e. The molecule has 37 heavy (non-hydrogen) atoms. The molecule has 0 amide bonds. The lowest BCUT2D eigenvalue weighted by molar-refractivity contribution is 0.415. The maximum Gasteiger partial charge on any atom is 0.135 e. The molecule has 2 heteroatoms. The fraction of sp³-hybridized carbons (Fsp3) is 0.0857. The van der Waals surface area contributed by atoms with Crippen LogP contribution < -0.4 is 4.74 Å². The zero-order valence-electron chi connectivity index (χ0n) is 21.4. The van der Waals surface area contributed by atoms with Gasteiger partial charge in [-0.05, 0) is 58.7 Å². The summed E-state index contributed by atoms with van der Waals surface area (Å²) < 4.78 is 5.32. The topological polar surface area (TPSA) is 9.23 Å². The fourth-order valence-corrected chi connectivity index (χ4v) is 7.48. The highest BCUT2D eigenvalue weighted by molar-refractivity contribution is 6.96. The highest BCUT2D eigenvalue weighted by Crippen LogP contribution is 2.48. The van der Waals surface area contributed by atoms with Crippen LogP contribution in [0.3, 0.4) is 0 Å². The van der Waals surface area contributed by atoms with Gasteiger partial charge in [0, 0.05) is 21.5 Å². The molecule has 0 saturated carbocycles. The van der Waals surface area contributed by atoms with E-state index in [4.69, 9.17) is 4.74 Å². The summed E-state index contributed by atoms with van der Waals surface area (Å²) in [6.07, 6.45) is 0. The van der Waals surface area contributed by atoms with E-state index in [-0.39, 0.29) is 0 Å². The molecular formula is C35H28OSi. The summed E-state index contributed by atoms with van der Waals surface area (Å²) in [5, 5.41) is 2.44. The van der Waals surface area contributed by atoms with E-state index in [0.717, 1.165) is 16.9 Å². The van der Waals surface area contributed by atoms with Crippen molar-refractivity contribution in [3.8, 4) is 29.4 Å². The molecule has 0 saturated heterocycles. The minimum atomic E-state index is -2.23. The van der Waals surface area contributed by atoms with Gasteiger partial charge in [0.05, 0.1) is 7.11 Å². The molecule has 1 aliphatic rings. The molecule has 1 heterocycles. The summed E-state index contributed by atoms with van der Waals surface area (Å²) >= 11 is 0. The van der Waals surface area contributed by atoms with Crippen molar-refractivity contribution in [3.05, 3.63) is 148 Å². The molecule has 0 N–H and O–H groups in total. The van der Waals surface area contributed by atoms with Crippen LogP contribution in [0.15, 0.2) is 126 Å². The lowest BCUT2D eigenvalue weighted by Gasteiger charge is -2.18. The first-order chi connectivity index (χ1) is 18.1. The van der Waals surface area contributed by atoms with E-state index in [1.165, 1.54) is 32.7 Å². The number of allylic oxidation sites excluding steroid dienone is 4. The van der Waals surface area contributed by atoms with Gasteiger partial charge in [-0.3, -0.25) is 0 Å². The van der Waals surface area contributed by atoms with Crippen LogP contribution in [0.1, 0.15) is 22.3 Å². The zero-order valence-corrected chi connectivity index (χ0v) is 22.4. The van der Waals surface area contributed by atoms with Crippen LogP contribution >= 0.6 is 0 Å². The summed E-state index contributed by atoms with van der Waals surface area (Å²) in [4.78, 5) is 0. The van der Waals surface area contributed by atoms with Crippen molar-refractivity contribution in [2.24, 2.45) is 0 Å². The second kappa shape index (κ2) is 10.6. The van der Waals surface area contributed by atoms with Crippen LogP contribution in [0.4, 0.5) is 0 Å². The molecule has 4 aromatic rings. The summed E-state index contributed by atoms with van der Waals surface area (Å²) in [6, 6.07) is 39.4. The Bertz CT molecular complexity index is 1590. The van der Waals surface area contributed by atoms with Crippen molar-refractivity contribution < 1.29 is 4.74 Å². The number of benzene rings is 4. The Labute approximate surface area is 221 Å². The molecule has 0 atom stereocenters. The molecule has 1 nitrogen and oxygen atoms in total. The van der Waals surface area contributed by atoms with E-state index in [0.29, 0.717) is 0 Å². The normalized spacial score (nSPS) is 13.9. The Balaban J connectivity index is 1.75. The van der Waals surface area contributed by atoms with Gasteiger partial charge in [0.15, 0.2) is 0 Å². The third-order valence-corrected chi connectivity index (χ3v) is 9.90. The monoisotopic (exact) mass is 492 g/mol. The predicted octanol–water partition coefficient (Wildman–Crippen LogP) is 7.81. The molecule has 0 fully saturated rings. The third kappa shape index (κ3) is 5.07. The first-order valence-electron chi connectivity index (χ1n) is 12.4. The minimum Gasteiger partial charge on any atom is -0.497 e. The van der Waals surface area contributed by atoms with Gasteiger partial charge in [0.2, 0.25) is 0 Å². The highest BCUT2D eigenvalue weighted by atomic mass is 28.3. The Kier molecular flexibility index (Phi) is 6.95. The Morgan fingerprint density at radius 3 is 1.32 bits per heavy atom.